The third-order valence-corrected chi connectivity index (χ3v) is 6.90. The molecule has 0 saturated heterocycles. The van der Waals surface area contributed by atoms with E-state index in [9.17, 15) is 8.42 Å². The molecule has 4 rings (SSSR count). The van der Waals surface area contributed by atoms with Crippen LogP contribution < -0.4 is 13.8 Å². The van der Waals surface area contributed by atoms with Crippen molar-refractivity contribution in [1.29, 1.82) is 0 Å². The van der Waals surface area contributed by atoms with Crippen molar-refractivity contribution in [3.05, 3.63) is 115 Å². The number of benzene rings is 3. The number of sulfonamides is 1. The van der Waals surface area contributed by atoms with E-state index in [4.69, 9.17) is 9.47 Å². The second-order valence-electron chi connectivity index (χ2n) is 7.61. The van der Waals surface area contributed by atoms with Gasteiger partial charge in [0.25, 0.3) is 0 Å². The third-order valence-electron chi connectivity index (χ3n) is 5.16. The van der Waals surface area contributed by atoms with Crippen molar-refractivity contribution in [3.63, 3.8) is 0 Å². The molecule has 1 aromatic heterocycles. The van der Waals surface area contributed by atoms with Crippen molar-refractivity contribution in [1.82, 2.24) is 4.98 Å². The molecule has 0 radical (unpaired) electrons. The standard InChI is InChI=1S/C27H26N2O4S/c1-2-34(30,31)29(20-23-10-7-17-28-19-23)24-13-15-25(16-14-24)33-27-12-6-11-26(18-27)32-21-22-8-4-3-5-9-22/h3-19H,2,20-21H2,1H3. The maximum absolute atomic E-state index is 12.7. The van der Waals surface area contributed by atoms with Gasteiger partial charge in [0.15, 0.2) is 0 Å². The molecule has 0 aliphatic rings. The Bertz CT molecular complexity index is 1300. The summed E-state index contributed by atoms with van der Waals surface area (Å²) in [5, 5.41) is 0. The molecule has 4 aromatic rings. The van der Waals surface area contributed by atoms with Crippen LogP contribution in [0.3, 0.4) is 0 Å². The van der Waals surface area contributed by atoms with Crippen molar-refractivity contribution >= 4 is 15.7 Å². The Kier molecular flexibility index (Phi) is 7.44. The van der Waals surface area contributed by atoms with Crippen LogP contribution in [-0.4, -0.2) is 19.2 Å². The molecule has 0 aliphatic carbocycles. The zero-order chi connectivity index (χ0) is 23.8. The fourth-order valence-corrected chi connectivity index (χ4v) is 4.45. The number of anilines is 1. The lowest BCUT2D eigenvalue weighted by Crippen LogP contribution is -2.31. The molecular weight excluding hydrogens is 448 g/mol. The van der Waals surface area contributed by atoms with Crippen LogP contribution in [0.15, 0.2) is 103 Å². The minimum atomic E-state index is -3.47. The van der Waals surface area contributed by atoms with E-state index in [-0.39, 0.29) is 12.3 Å². The lowest BCUT2D eigenvalue weighted by Gasteiger charge is -2.24. The summed E-state index contributed by atoms with van der Waals surface area (Å²) < 4.78 is 38.7. The highest BCUT2D eigenvalue weighted by Crippen LogP contribution is 2.29. The molecule has 3 aromatic carbocycles. The Hall–Kier alpha value is -3.84. The monoisotopic (exact) mass is 474 g/mol. The molecule has 174 valence electrons. The van der Waals surface area contributed by atoms with Gasteiger partial charge in [-0.05, 0) is 60.5 Å². The van der Waals surface area contributed by atoms with Gasteiger partial charge in [-0.25, -0.2) is 8.42 Å². The molecule has 7 heteroatoms. The first-order valence-corrected chi connectivity index (χ1v) is 12.6. The number of pyridine rings is 1. The zero-order valence-electron chi connectivity index (χ0n) is 18.9. The summed E-state index contributed by atoms with van der Waals surface area (Å²) >= 11 is 0. The molecule has 0 amide bonds. The Morgan fingerprint density at radius 2 is 1.53 bits per heavy atom. The molecule has 0 aliphatic heterocycles. The second kappa shape index (κ2) is 10.9. The number of hydrogen-bond acceptors (Lipinski definition) is 5. The summed E-state index contributed by atoms with van der Waals surface area (Å²) in [7, 11) is -3.47. The SMILES string of the molecule is CCS(=O)(=O)N(Cc1cccnc1)c1ccc(Oc2cccc(OCc3ccccc3)c2)cc1. The van der Waals surface area contributed by atoms with Gasteiger partial charge in [0, 0.05) is 18.5 Å². The maximum atomic E-state index is 12.7. The Morgan fingerprint density at radius 3 is 2.24 bits per heavy atom. The average molecular weight is 475 g/mol. The molecule has 6 nitrogen and oxygen atoms in total. The van der Waals surface area contributed by atoms with E-state index in [2.05, 4.69) is 4.98 Å². The predicted octanol–water partition coefficient (Wildman–Crippen LogP) is 5.81. The van der Waals surface area contributed by atoms with Gasteiger partial charge in [0.1, 0.15) is 23.9 Å². The number of hydrogen-bond donors (Lipinski definition) is 0. The number of nitrogens with zero attached hydrogens (tertiary/aromatic N) is 2. The highest BCUT2D eigenvalue weighted by molar-refractivity contribution is 7.92. The van der Waals surface area contributed by atoms with E-state index in [1.165, 1.54) is 4.31 Å². The van der Waals surface area contributed by atoms with Crippen LogP contribution in [0, 0.1) is 0 Å². The van der Waals surface area contributed by atoms with Crippen LogP contribution in [-0.2, 0) is 23.2 Å². The molecule has 0 bridgehead atoms. The molecule has 0 unspecified atom stereocenters. The Balaban J connectivity index is 1.46. The van der Waals surface area contributed by atoms with Gasteiger partial charge in [-0.2, -0.15) is 0 Å². The summed E-state index contributed by atoms with van der Waals surface area (Å²) in [5.74, 6) is 1.93. The number of ether oxygens (including phenoxy) is 2. The lowest BCUT2D eigenvalue weighted by atomic mass is 10.2. The van der Waals surface area contributed by atoms with Crippen molar-refractivity contribution in [2.75, 3.05) is 10.1 Å². The van der Waals surface area contributed by atoms with E-state index in [0.29, 0.717) is 29.5 Å². The summed E-state index contributed by atoms with van der Waals surface area (Å²) in [5.41, 5.74) is 2.47. The zero-order valence-corrected chi connectivity index (χ0v) is 19.7. The topological polar surface area (TPSA) is 68.7 Å². The minimum Gasteiger partial charge on any atom is -0.489 e. The molecule has 34 heavy (non-hydrogen) atoms. The fraction of sp³-hybridized carbons (Fsp3) is 0.148. The minimum absolute atomic E-state index is 0.00128. The third kappa shape index (κ3) is 6.14. The summed E-state index contributed by atoms with van der Waals surface area (Å²) in [6.45, 7) is 2.32. The molecule has 0 fully saturated rings. The quantitative estimate of drug-likeness (QED) is 0.290. The van der Waals surface area contributed by atoms with Crippen molar-refractivity contribution in [3.8, 4) is 17.2 Å². The highest BCUT2D eigenvalue weighted by atomic mass is 32.2. The van der Waals surface area contributed by atoms with Crippen LogP contribution in [0.1, 0.15) is 18.1 Å². The molecule has 1 heterocycles. The van der Waals surface area contributed by atoms with E-state index >= 15 is 0 Å². The number of aromatic nitrogens is 1. The fourth-order valence-electron chi connectivity index (χ4n) is 3.35. The van der Waals surface area contributed by atoms with E-state index < -0.39 is 10.0 Å². The molecule has 0 spiro atoms. The summed E-state index contributed by atoms with van der Waals surface area (Å²) in [6.07, 6.45) is 3.33. The first kappa shape index (κ1) is 23.3. The first-order valence-electron chi connectivity index (χ1n) is 11.0. The van der Waals surface area contributed by atoms with E-state index in [1.807, 2.05) is 60.7 Å². The van der Waals surface area contributed by atoms with Crippen LogP contribution >= 0.6 is 0 Å². The van der Waals surface area contributed by atoms with Crippen molar-refractivity contribution in [2.45, 2.75) is 20.1 Å². The highest BCUT2D eigenvalue weighted by Gasteiger charge is 2.21. The van der Waals surface area contributed by atoms with Crippen LogP contribution in [0.5, 0.6) is 17.2 Å². The smallest absolute Gasteiger partial charge is 0.235 e. The van der Waals surface area contributed by atoms with Gasteiger partial charge in [0.2, 0.25) is 10.0 Å². The Morgan fingerprint density at radius 1 is 0.794 bits per heavy atom. The number of rotatable bonds is 10. The van der Waals surface area contributed by atoms with Crippen LogP contribution in [0.2, 0.25) is 0 Å². The van der Waals surface area contributed by atoms with Crippen LogP contribution in [0.25, 0.3) is 0 Å². The molecule has 0 N–H and O–H groups in total. The molecular formula is C27H26N2O4S. The first-order chi connectivity index (χ1) is 16.5. The van der Waals surface area contributed by atoms with Gasteiger partial charge in [0.05, 0.1) is 18.0 Å². The van der Waals surface area contributed by atoms with Gasteiger partial charge < -0.3 is 9.47 Å². The van der Waals surface area contributed by atoms with Crippen LogP contribution in [0.4, 0.5) is 5.69 Å². The second-order valence-corrected chi connectivity index (χ2v) is 9.80. The van der Waals surface area contributed by atoms with Crippen molar-refractivity contribution < 1.29 is 17.9 Å². The van der Waals surface area contributed by atoms with Gasteiger partial charge in [-0.3, -0.25) is 9.29 Å². The molecule has 0 atom stereocenters. The molecule has 0 saturated carbocycles. The lowest BCUT2D eigenvalue weighted by molar-refractivity contribution is 0.304. The largest absolute Gasteiger partial charge is 0.489 e. The summed E-state index contributed by atoms with van der Waals surface area (Å²) in [4.78, 5) is 4.09. The van der Waals surface area contributed by atoms with Gasteiger partial charge in [-0.15, -0.1) is 0 Å². The van der Waals surface area contributed by atoms with E-state index in [1.54, 1.807) is 49.6 Å². The summed E-state index contributed by atoms with van der Waals surface area (Å²) in [6, 6.07) is 28.0. The Labute approximate surface area is 200 Å². The normalized spacial score (nSPS) is 11.1. The predicted molar refractivity (Wildman–Crippen MR) is 134 cm³/mol. The van der Waals surface area contributed by atoms with Gasteiger partial charge in [-0.1, -0.05) is 42.5 Å². The average Bonchev–Trinajstić information content (AvgIpc) is 2.88. The maximum Gasteiger partial charge on any atom is 0.235 e. The van der Waals surface area contributed by atoms with E-state index in [0.717, 1.165) is 11.1 Å². The van der Waals surface area contributed by atoms with Gasteiger partial charge >= 0.3 is 0 Å². The van der Waals surface area contributed by atoms with Crippen molar-refractivity contribution in [2.24, 2.45) is 0 Å².